The van der Waals surface area contributed by atoms with Gasteiger partial charge in [0.2, 0.25) is 0 Å². The van der Waals surface area contributed by atoms with Crippen molar-refractivity contribution in [1.29, 1.82) is 5.26 Å². The lowest BCUT2D eigenvalue weighted by Gasteiger charge is -2.05. The number of nitrogens with zero attached hydrogens (tertiary/aromatic N) is 2. The highest BCUT2D eigenvalue weighted by Crippen LogP contribution is 2.14. The minimum Gasteiger partial charge on any atom is -0.493 e. The monoisotopic (exact) mass is 287 g/mol. The summed E-state index contributed by atoms with van der Waals surface area (Å²) in [6, 6.07) is 10.4. The minimum absolute atomic E-state index is 0.145. The maximum absolute atomic E-state index is 11.3. The highest BCUT2D eigenvalue weighted by molar-refractivity contribution is 7.99. The Morgan fingerprint density at radius 2 is 2.15 bits per heavy atom. The first-order valence-corrected chi connectivity index (χ1v) is 6.99. The van der Waals surface area contributed by atoms with Crippen molar-refractivity contribution in [2.45, 2.75) is 12.1 Å². The van der Waals surface area contributed by atoms with E-state index in [0.29, 0.717) is 28.8 Å². The van der Waals surface area contributed by atoms with Gasteiger partial charge in [0.15, 0.2) is 5.16 Å². The van der Waals surface area contributed by atoms with Gasteiger partial charge < -0.3 is 9.72 Å². The van der Waals surface area contributed by atoms with Crippen molar-refractivity contribution in [3.05, 3.63) is 51.9 Å². The highest BCUT2D eigenvalue weighted by Gasteiger charge is 2.00. The van der Waals surface area contributed by atoms with Crippen molar-refractivity contribution in [2.24, 2.45) is 0 Å². The number of thioether (sulfide) groups is 1. The highest BCUT2D eigenvalue weighted by atomic mass is 32.2. The average molecular weight is 287 g/mol. The molecule has 2 rings (SSSR count). The minimum atomic E-state index is -0.145. The second kappa shape index (κ2) is 6.78. The number of hydrogen-bond donors (Lipinski definition) is 1. The van der Waals surface area contributed by atoms with Crippen molar-refractivity contribution >= 4 is 11.8 Å². The summed E-state index contributed by atoms with van der Waals surface area (Å²) in [5.41, 5.74) is 1.16. The number of ether oxygens (including phenoxy) is 1. The fourth-order valence-corrected chi connectivity index (χ4v) is 2.28. The topological polar surface area (TPSA) is 78.8 Å². The van der Waals surface area contributed by atoms with E-state index in [1.807, 2.05) is 0 Å². The molecule has 0 radical (unpaired) electrons. The Kier molecular flexibility index (Phi) is 4.80. The quantitative estimate of drug-likeness (QED) is 0.517. The van der Waals surface area contributed by atoms with Crippen molar-refractivity contribution < 1.29 is 4.74 Å². The van der Waals surface area contributed by atoms with E-state index < -0.39 is 0 Å². The molecule has 0 unspecified atom stereocenters. The molecule has 5 nitrogen and oxygen atoms in total. The predicted molar refractivity (Wildman–Crippen MR) is 77.0 cm³/mol. The van der Waals surface area contributed by atoms with Gasteiger partial charge in [-0.15, -0.1) is 0 Å². The van der Waals surface area contributed by atoms with Crippen LogP contribution in [0.5, 0.6) is 5.75 Å². The third kappa shape index (κ3) is 4.14. The second-order valence-electron chi connectivity index (χ2n) is 4.03. The summed E-state index contributed by atoms with van der Waals surface area (Å²) in [6.45, 7) is 2.28. The van der Waals surface area contributed by atoms with E-state index in [4.69, 9.17) is 10.00 Å². The summed E-state index contributed by atoms with van der Waals surface area (Å²) in [5, 5.41) is 9.28. The van der Waals surface area contributed by atoms with Gasteiger partial charge in [-0.2, -0.15) is 5.26 Å². The molecule has 1 heterocycles. The zero-order valence-corrected chi connectivity index (χ0v) is 11.7. The molecule has 0 fully saturated rings. The number of benzene rings is 1. The number of hydrogen-bond acceptors (Lipinski definition) is 5. The third-order valence-corrected chi connectivity index (χ3v) is 3.26. The number of nitriles is 1. The van der Waals surface area contributed by atoms with Crippen molar-refractivity contribution in [1.82, 2.24) is 9.97 Å². The second-order valence-corrected chi connectivity index (χ2v) is 5.11. The SMILES string of the molecule is Cc1cc(=O)[nH]c(SCCOc2ccc(C#N)cc2)n1. The lowest BCUT2D eigenvalue weighted by Crippen LogP contribution is -2.09. The molecule has 0 amide bonds. The molecule has 0 saturated carbocycles. The predicted octanol–water partition coefficient (Wildman–Crippen LogP) is 2.12. The molecular weight excluding hydrogens is 274 g/mol. The first-order valence-electron chi connectivity index (χ1n) is 6.01. The Morgan fingerprint density at radius 3 is 2.80 bits per heavy atom. The maximum atomic E-state index is 11.3. The Balaban J connectivity index is 1.81. The van der Waals surface area contributed by atoms with Crippen LogP contribution < -0.4 is 10.3 Å². The lowest BCUT2D eigenvalue weighted by molar-refractivity contribution is 0.344. The zero-order valence-electron chi connectivity index (χ0n) is 10.9. The van der Waals surface area contributed by atoms with Gasteiger partial charge in [-0.1, -0.05) is 11.8 Å². The van der Waals surface area contributed by atoms with Crippen LogP contribution in [-0.4, -0.2) is 22.3 Å². The Morgan fingerprint density at radius 1 is 1.40 bits per heavy atom. The smallest absolute Gasteiger partial charge is 0.251 e. The largest absolute Gasteiger partial charge is 0.493 e. The fraction of sp³-hybridized carbons (Fsp3) is 0.214. The van der Waals surface area contributed by atoms with Crippen LogP contribution in [-0.2, 0) is 0 Å². The van der Waals surface area contributed by atoms with E-state index in [2.05, 4.69) is 16.0 Å². The molecule has 102 valence electrons. The molecule has 20 heavy (non-hydrogen) atoms. The summed E-state index contributed by atoms with van der Waals surface area (Å²) >= 11 is 1.43. The average Bonchev–Trinajstić information content (AvgIpc) is 2.43. The van der Waals surface area contributed by atoms with Gasteiger partial charge in [-0.05, 0) is 31.2 Å². The van der Waals surface area contributed by atoms with Gasteiger partial charge in [0, 0.05) is 17.5 Å². The van der Waals surface area contributed by atoms with Crippen LogP contribution in [0.25, 0.3) is 0 Å². The lowest BCUT2D eigenvalue weighted by atomic mass is 10.2. The summed E-state index contributed by atoms with van der Waals surface area (Å²) in [4.78, 5) is 18.1. The third-order valence-electron chi connectivity index (χ3n) is 2.42. The zero-order chi connectivity index (χ0) is 14.4. The van der Waals surface area contributed by atoms with Crippen LogP contribution in [0.4, 0.5) is 0 Å². The molecule has 0 atom stereocenters. The van der Waals surface area contributed by atoms with Crippen LogP contribution in [0, 0.1) is 18.3 Å². The van der Waals surface area contributed by atoms with Gasteiger partial charge in [0.1, 0.15) is 5.75 Å². The van der Waals surface area contributed by atoms with E-state index >= 15 is 0 Å². The molecular formula is C14H13N3O2S. The summed E-state index contributed by atoms with van der Waals surface area (Å²) in [6.07, 6.45) is 0. The molecule has 0 bridgehead atoms. The Labute approximate surface area is 120 Å². The number of aromatic amines is 1. The van der Waals surface area contributed by atoms with Crippen molar-refractivity contribution in [2.75, 3.05) is 12.4 Å². The van der Waals surface area contributed by atoms with Crippen LogP contribution in [0.2, 0.25) is 0 Å². The maximum Gasteiger partial charge on any atom is 0.251 e. The van der Waals surface area contributed by atoms with E-state index in [9.17, 15) is 4.79 Å². The molecule has 1 aromatic carbocycles. The van der Waals surface area contributed by atoms with Crippen molar-refractivity contribution in [3.63, 3.8) is 0 Å². The summed E-state index contributed by atoms with van der Waals surface area (Å²) in [7, 11) is 0. The molecule has 0 spiro atoms. The van der Waals surface area contributed by atoms with Gasteiger partial charge >= 0.3 is 0 Å². The molecule has 1 N–H and O–H groups in total. The molecule has 0 aliphatic rings. The van der Waals surface area contributed by atoms with E-state index in [-0.39, 0.29) is 5.56 Å². The van der Waals surface area contributed by atoms with Gasteiger partial charge in [0.05, 0.1) is 18.2 Å². The Bertz CT molecular complexity index is 674. The molecule has 0 aliphatic heterocycles. The number of rotatable bonds is 5. The van der Waals surface area contributed by atoms with Gasteiger partial charge in [-0.25, -0.2) is 4.98 Å². The van der Waals surface area contributed by atoms with Gasteiger partial charge in [-0.3, -0.25) is 4.79 Å². The first kappa shape index (κ1) is 14.2. The normalized spacial score (nSPS) is 10.0. The standard InChI is InChI=1S/C14H13N3O2S/c1-10-8-13(18)17-14(16-10)20-7-6-19-12-4-2-11(9-15)3-5-12/h2-5,8H,6-7H2,1H3,(H,16,17,18). The van der Waals surface area contributed by atoms with Crippen LogP contribution in [0.3, 0.4) is 0 Å². The molecule has 0 saturated heterocycles. The summed E-state index contributed by atoms with van der Waals surface area (Å²) in [5.74, 6) is 1.39. The van der Waals surface area contributed by atoms with E-state index in [1.54, 1.807) is 31.2 Å². The van der Waals surface area contributed by atoms with E-state index in [1.165, 1.54) is 17.8 Å². The van der Waals surface area contributed by atoms with Crippen molar-refractivity contribution in [3.8, 4) is 11.8 Å². The van der Waals surface area contributed by atoms with Crippen LogP contribution in [0.15, 0.2) is 40.3 Å². The number of nitrogens with one attached hydrogen (secondary N) is 1. The van der Waals surface area contributed by atoms with E-state index in [0.717, 1.165) is 5.75 Å². The molecule has 0 aliphatic carbocycles. The molecule has 2 aromatic rings. The molecule has 6 heteroatoms. The fourth-order valence-electron chi connectivity index (χ4n) is 1.54. The summed E-state index contributed by atoms with van der Waals surface area (Å²) < 4.78 is 5.54. The van der Waals surface area contributed by atoms with Crippen LogP contribution >= 0.6 is 11.8 Å². The number of aromatic nitrogens is 2. The van der Waals surface area contributed by atoms with Gasteiger partial charge in [0.25, 0.3) is 5.56 Å². The first-order chi connectivity index (χ1) is 9.67. The Hall–Kier alpha value is -2.26. The van der Waals surface area contributed by atoms with Crippen LogP contribution in [0.1, 0.15) is 11.3 Å². The number of H-pyrrole nitrogens is 1. The number of aryl methyl sites for hydroxylation is 1. The molecule has 1 aromatic heterocycles.